The molecule has 6 nitrogen and oxygen atoms in total. The predicted octanol–water partition coefficient (Wildman–Crippen LogP) is 1.61. The van der Waals surface area contributed by atoms with Crippen LogP contribution in [0.4, 0.5) is 0 Å². The van der Waals surface area contributed by atoms with Crippen LogP contribution < -0.4 is 5.56 Å². The number of benzene rings is 1. The molecule has 2 aromatic rings. The summed E-state index contributed by atoms with van der Waals surface area (Å²) in [5.74, 6) is -0.442. The minimum absolute atomic E-state index is 0.209. The van der Waals surface area contributed by atoms with Gasteiger partial charge in [0.25, 0.3) is 5.56 Å². The lowest BCUT2D eigenvalue weighted by molar-refractivity contribution is -0.149. The lowest BCUT2D eigenvalue weighted by Gasteiger charge is -2.33. The van der Waals surface area contributed by atoms with E-state index in [0.717, 1.165) is 0 Å². The quantitative estimate of drug-likeness (QED) is 0.873. The van der Waals surface area contributed by atoms with E-state index in [0.29, 0.717) is 23.3 Å². The normalized spacial score (nSPS) is 12.0. The number of carbonyl (C=O) groups is 1. The first-order chi connectivity index (χ1) is 9.86. The molecule has 0 fully saturated rings. The van der Waals surface area contributed by atoms with Gasteiger partial charge < -0.3 is 10.1 Å². The van der Waals surface area contributed by atoms with Crippen LogP contribution >= 0.6 is 0 Å². The van der Waals surface area contributed by atoms with Crippen molar-refractivity contribution in [2.24, 2.45) is 0 Å². The smallest absolute Gasteiger partial charge is 0.323 e. The number of para-hydroxylation sites is 1. The Kier molecular flexibility index (Phi) is 4.09. The molecule has 2 N–H and O–H groups in total. The number of H-pyrrole nitrogens is 1. The number of hydrogen-bond acceptors (Lipinski definition) is 4. The summed E-state index contributed by atoms with van der Waals surface area (Å²) < 4.78 is 0. The minimum atomic E-state index is -1.03. The van der Waals surface area contributed by atoms with Gasteiger partial charge in [0.15, 0.2) is 0 Å². The van der Waals surface area contributed by atoms with Crippen LogP contribution in [0.25, 0.3) is 10.9 Å². The van der Waals surface area contributed by atoms with Crippen molar-refractivity contribution in [1.29, 1.82) is 0 Å². The van der Waals surface area contributed by atoms with Crippen LogP contribution in [0.5, 0.6) is 0 Å². The zero-order chi connectivity index (χ0) is 15.6. The maximum absolute atomic E-state index is 12.0. The van der Waals surface area contributed by atoms with Gasteiger partial charge in [0.05, 0.1) is 17.4 Å². The second-order valence-electron chi connectivity index (χ2n) is 5.41. The average molecular weight is 289 g/mol. The largest absolute Gasteiger partial charge is 0.480 e. The van der Waals surface area contributed by atoms with Gasteiger partial charge in [0.2, 0.25) is 0 Å². The number of nitrogens with zero attached hydrogens (tertiary/aromatic N) is 2. The van der Waals surface area contributed by atoms with E-state index in [1.165, 1.54) is 0 Å². The summed E-state index contributed by atoms with van der Waals surface area (Å²) in [6, 6.07) is 7.08. The van der Waals surface area contributed by atoms with Crippen molar-refractivity contribution in [3.63, 3.8) is 0 Å². The summed E-state index contributed by atoms with van der Waals surface area (Å²) in [6.45, 7) is 5.96. The second kappa shape index (κ2) is 5.65. The van der Waals surface area contributed by atoms with Crippen molar-refractivity contribution in [1.82, 2.24) is 14.9 Å². The fraction of sp³-hybridized carbons (Fsp3) is 0.400. The number of aromatic amines is 1. The van der Waals surface area contributed by atoms with Gasteiger partial charge in [-0.2, -0.15) is 0 Å². The Labute approximate surface area is 122 Å². The third-order valence-corrected chi connectivity index (χ3v) is 3.70. The van der Waals surface area contributed by atoms with Crippen LogP contribution in [-0.4, -0.2) is 38.0 Å². The lowest BCUT2D eigenvalue weighted by Crippen LogP contribution is -2.49. The maximum Gasteiger partial charge on any atom is 0.323 e. The third-order valence-electron chi connectivity index (χ3n) is 3.70. The van der Waals surface area contributed by atoms with Gasteiger partial charge in [-0.3, -0.25) is 14.5 Å². The van der Waals surface area contributed by atoms with Gasteiger partial charge in [0.1, 0.15) is 11.4 Å². The van der Waals surface area contributed by atoms with Crippen LogP contribution in [-0.2, 0) is 11.3 Å². The first kappa shape index (κ1) is 15.2. The summed E-state index contributed by atoms with van der Waals surface area (Å²) in [5, 5.41) is 9.84. The molecule has 0 aliphatic carbocycles. The van der Waals surface area contributed by atoms with Gasteiger partial charge in [-0.25, -0.2) is 4.98 Å². The molecule has 1 aromatic carbocycles. The fourth-order valence-electron chi connectivity index (χ4n) is 2.23. The van der Waals surface area contributed by atoms with E-state index in [9.17, 15) is 14.7 Å². The molecule has 6 heteroatoms. The Morgan fingerprint density at radius 3 is 2.67 bits per heavy atom. The molecule has 0 bridgehead atoms. The number of rotatable bonds is 5. The molecule has 1 heterocycles. The van der Waals surface area contributed by atoms with E-state index >= 15 is 0 Å². The molecular formula is C15H19N3O3. The van der Waals surface area contributed by atoms with E-state index in [-0.39, 0.29) is 12.1 Å². The average Bonchev–Trinajstić information content (AvgIpc) is 2.44. The van der Waals surface area contributed by atoms with Crippen molar-refractivity contribution >= 4 is 16.9 Å². The van der Waals surface area contributed by atoms with Crippen molar-refractivity contribution in [3.05, 3.63) is 40.4 Å². The molecule has 0 saturated carbocycles. The number of carboxylic acid groups (broad SMARTS) is 1. The minimum Gasteiger partial charge on any atom is -0.480 e. The second-order valence-corrected chi connectivity index (χ2v) is 5.41. The van der Waals surface area contributed by atoms with Crippen LogP contribution in [0.2, 0.25) is 0 Å². The van der Waals surface area contributed by atoms with E-state index in [1.807, 2.05) is 13.0 Å². The van der Waals surface area contributed by atoms with Crippen molar-refractivity contribution in [3.8, 4) is 0 Å². The Morgan fingerprint density at radius 1 is 1.38 bits per heavy atom. The predicted molar refractivity (Wildman–Crippen MR) is 80.2 cm³/mol. The van der Waals surface area contributed by atoms with E-state index in [2.05, 4.69) is 9.97 Å². The number of likely N-dealkylation sites (N-methyl/N-ethyl adjacent to an activating group) is 1. The maximum atomic E-state index is 12.0. The molecule has 1 aromatic heterocycles. The summed E-state index contributed by atoms with van der Waals surface area (Å²) in [4.78, 5) is 32.3. The molecule has 0 amide bonds. The number of aromatic nitrogens is 2. The Bertz CT molecular complexity index is 721. The molecule has 0 spiro atoms. The van der Waals surface area contributed by atoms with Gasteiger partial charge in [-0.05, 0) is 32.5 Å². The van der Waals surface area contributed by atoms with Gasteiger partial charge in [-0.1, -0.05) is 19.1 Å². The first-order valence-electron chi connectivity index (χ1n) is 6.82. The highest BCUT2D eigenvalue weighted by Gasteiger charge is 2.33. The van der Waals surface area contributed by atoms with E-state index in [4.69, 9.17) is 0 Å². The summed E-state index contributed by atoms with van der Waals surface area (Å²) in [5.41, 5.74) is -0.626. The van der Waals surface area contributed by atoms with Crippen molar-refractivity contribution in [2.45, 2.75) is 32.9 Å². The Balaban J connectivity index is 2.39. The third kappa shape index (κ3) is 2.95. The highest BCUT2D eigenvalue weighted by molar-refractivity contribution is 5.78. The van der Waals surface area contributed by atoms with Crippen molar-refractivity contribution in [2.75, 3.05) is 6.54 Å². The van der Waals surface area contributed by atoms with Crippen LogP contribution in [0, 0.1) is 0 Å². The molecule has 0 aliphatic rings. The van der Waals surface area contributed by atoms with E-state index in [1.54, 1.807) is 36.9 Å². The fourth-order valence-corrected chi connectivity index (χ4v) is 2.23. The molecule has 0 radical (unpaired) electrons. The van der Waals surface area contributed by atoms with E-state index < -0.39 is 11.5 Å². The highest BCUT2D eigenvalue weighted by Crippen LogP contribution is 2.17. The Hall–Kier alpha value is -2.21. The van der Waals surface area contributed by atoms with Crippen molar-refractivity contribution < 1.29 is 9.90 Å². The SMILES string of the molecule is CCN(Cc1nc2ccccc2c(=O)[nH]1)C(C)(C)C(=O)O. The number of fused-ring (bicyclic) bond motifs is 1. The summed E-state index contributed by atoms with van der Waals surface area (Å²) in [7, 11) is 0. The molecule has 0 unspecified atom stereocenters. The molecule has 21 heavy (non-hydrogen) atoms. The molecule has 112 valence electrons. The van der Waals surface area contributed by atoms with Gasteiger partial charge in [-0.15, -0.1) is 0 Å². The molecular weight excluding hydrogens is 270 g/mol. The summed E-state index contributed by atoms with van der Waals surface area (Å²) >= 11 is 0. The van der Waals surface area contributed by atoms with Gasteiger partial charge >= 0.3 is 5.97 Å². The topological polar surface area (TPSA) is 86.3 Å². The monoisotopic (exact) mass is 289 g/mol. The standard InChI is InChI=1S/C15H19N3O3/c1-4-18(15(2,3)14(20)21)9-12-16-11-8-6-5-7-10(11)13(19)17-12/h5-8H,4,9H2,1-3H3,(H,20,21)(H,16,17,19). The number of aliphatic carboxylic acids is 1. The molecule has 0 saturated heterocycles. The lowest BCUT2D eigenvalue weighted by atomic mass is 10.0. The molecule has 0 aliphatic heterocycles. The van der Waals surface area contributed by atoms with Crippen LogP contribution in [0.1, 0.15) is 26.6 Å². The highest BCUT2D eigenvalue weighted by atomic mass is 16.4. The zero-order valence-corrected chi connectivity index (χ0v) is 12.4. The first-order valence-corrected chi connectivity index (χ1v) is 6.82. The molecule has 2 rings (SSSR count). The molecule has 0 atom stereocenters. The van der Waals surface area contributed by atoms with Crippen LogP contribution in [0.3, 0.4) is 0 Å². The number of carboxylic acids is 1. The summed E-state index contributed by atoms with van der Waals surface area (Å²) in [6.07, 6.45) is 0. The van der Waals surface area contributed by atoms with Gasteiger partial charge in [0, 0.05) is 0 Å². The van der Waals surface area contributed by atoms with Crippen LogP contribution in [0.15, 0.2) is 29.1 Å². The number of hydrogen-bond donors (Lipinski definition) is 2. The number of nitrogens with one attached hydrogen (secondary N) is 1. The Morgan fingerprint density at radius 2 is 2.05 bits per heavy atom. The zero-order valence-electron chi connectivity index (χ0n) is 12.4.